The van der Waals surface area contributed by atoms with Crippen LogP contribution in [0.1, 0.15) is 37.8 Å². The molecule has 2 N–H and O–H groups in total. The van der Waals surface area contributed by atoms with Gasteiger partial charge >= 0.3 is 0 Å². The van der Waals surface area contributed by atoms with Gasteiger partial charge in [-0.05, 0) is 42.5 Å². The van der Waals surface area contributed by atoms with Crippen molar-refractivity contribution in [2.45, 2.75) is 33.2 Å². The Morgan fingerprint density at radius 2 is 2.14 bits per heavy atom. The molecule has 0 bridgehead atoms. The number of benzene rings is 1. The van der Waals surface area contributed by atoms with Crippen molar-refractivity contribution < 1.29 is 4.79 Å². The predicted octanol–water partition coefficient (Wildman–Crippen LogP) is 2.53. The molecule has 1 rings (SSSR count). The van der Waals surface area contributed by atoms with Crippen LogP contribution in [0.15, 0.2) is 24.3 Å². The average Bonchev–Trinajstić information content (AvgIpc) is 2.46. The van der Waals surface area contributed by atoms with Gasteiger partial charge in [-0.1, -0.05) is 26.0 Å². The number of hydrogen-bond acceptors (Lipinski definition) is 3. The van der Waals surface area contributed by atoms with Crippen LogP contribution in [0.4, 0.5) is 0 Å². The summed E-state index contributed by atoms with van der Waals surface area (Å²) in [6, 6.07) is 9.46. The number of nitrogens with zero attached hydrogens (tertiary/aromatic N) is 2. The molecule has 0 saturated heterocycles. The zero-order chi connectivity index (χ0) is 15.8. The first-order chi connectivity index (χ1) is 9.96. The molecule has 0 aliphatic rings. The van der Waals surface area contributed by atoms with E-state index >= 15 is 0 Å². The molecule has 4 nitrogen and oxygen atoms in total. The fourth-order valence-corrected chi connectivity index (χ4v) is 2.43. The van der Waals surface area contributed by atoms with Gasteiger partial charge in [0.05, 0.1) is 11.6 Å². The van der Waals surface area contributed by atoms with E-state index in [0.717, 1.165) is 12.0 Å². The summed E-state index contributed by atoms with van der Waals surface area (Å²) in [4.78, 5) is 14.0. The van der Waals surface area contributed by atoms with Crippen LogP contribution in [0.3, 0.4) is 0 Å². The molecular formula is C17H25N3O. The first-order valence-corrected chi connectivity index (χ1v) is 7.39. The quantitative estimate of drug-likeness (QED) is 0.837. The van der Waals surface area contributed by atoms with Crippen molar-refractivity contribution in [3.8, 4) is 6.07 Å². The second kappa shape index (κ2) is 8.43. The molecule has 0 aliphatic heterocycles. The van der Waals surface area contributed by atoms with Crippen LogP contribution < -0.4 is 5.73 Å². The molecule has 1 atom stereocenters. The largest absolute Gasteiger partial charge is 0.341 e. The Balaban J connectivity index is 2.59. The van der Waals surface area contributed by atoms with Gasteiger partial charge in [0.15, 0.2) is 0 Å². The molecule has 0 unspecified atom stereocenters. The van der Waals surface area contributed by atoms with Crippen LogP contribution in [0, 0.1) is 23.2 Å². The van der Waals surface area contributed by atoms with Crippen LogP contribution in [0.5, 0.6) is 0 Å². The highest BCUT2D eigenvalue weighted by molar-refractivity contribution is 5.76. The number of rotatable bonds is 7. The Morgan fingerprint density at radius 3 is 2.71 bits per heavy atom. The fraction of sp³-hybridized carbons (Fsp3) is 0.529. The van der Waals surface area contributed by atoms with Crippen molar-refractivity contribution in [3.63, 3.8) is 0 Å². The zero-order valence-corrected chi connectivity index (χ0v) is 13.2. The number of nitriles is 1. The summed E-state index contributed by atoms with van der Waals surface area (Å²) in [5.41, 5.74) is 7.34. The molecule has 0 heterocycles. The summed E-state index contributed by atoms with van der Waals surface area (Å²) in [5, 5.41) is 8.90. The summed E-state index contributed by atoms with van der Waals surface area (Å²) in [7, 11) is 1.80. The van der Waals surface area contributed by atoms with E-state index in [9.17, 15) is 4.79 Å². The normalized spacial score (nSPS) is 12.0. The lowest BCUT2D eigenvalue weighted by Crippen LogP contribution is -2.30. The van der Waals surface area contributed by atoms with Gasteiger partial charge in [0.25, 0.3) is 0 Å². The number of carbonyl (C=O) groups is 1. The Bertz CT molecular complexity index is 505. The lowest BCUT2D eigenvalue weighted by molar-refractivity contribution is -0.131. The Morgan fingerprint density at radius 1 is 1.43 bits per heavy atom. The Hall–Kier alpha value is -1.86. The van der Waals surface area contributed by atoms with Crippen LogP contribution in [0.2, 0.25) is 0 Å². The van der Waals surface area contributed by atoms with Gasteiger partial charge < -0.3 is 10.6 Å². The number of amides is 1. The van der Waals surface area contributed by atoms with Crippen molar-refractivity contribution in [2.75, 3.05) is 13.6 Å². The van der Waals surface area contributed by atoms with E-state index in [1.165, 1.54) is 0 Å². The summed E-state index contributed by atoms with van der Waals surface area (Å²) in [6.07, 6.45) is 1.46. The molecule has 0 aromatic heterocycles. The standard InChI is InChI=1S/C17H25N3O/c1-13(2)7-16(11-19)9-17(21)20(3)12-15-6-4-5-14(8-15)10-18/h4-6,8,13,16H,7,9,11-12,19H2,1-3H3/t16-/m0/s1. The van der Waals surface area contributed by atoms with E-state index in [1.807, 2.05) is 18.2 Å². The third-order valence-electron chi connectivity index (χ3n) is 3.50. The summed E-state index contributed by atoms with van der Waals surface area (Å²) in [5.74, 6) is 0.891. The maximum Gasteiger partial charge on any atom is 0.222 e. The SMILES string of the molecule is CC(C)C[C@H](CN)CC(=O)N(C)Cc1cccc(C#N)c1. The second-order valence-corrected chi connectivity index (χ2v) is 6.00. The van der Waals surface area contributed by atoms with Gasteiger partial charge in [0.2, 0.25) is 5.91 Å². The summed E-state index contributed by atoms with van der Waals surface area (Å²) in [6.45, 7) is 5.35. The zero-order valence-electron chi connectivity index (χ0n) is 13.2. The van der Waals surface area contributed by atoms with Gasteiger partial charge in [-0.15, -0.1) is 0 Å². The highest BCUT2D eigenvalue weighted by atomic mass is 16.2. The van der Waals surface area contributed by atoms with E-state index in [0.29, 0.717) is 31.0 Å². The molecule has 0 fully saturated rings. The van der Waals surface area contributed by atoms with Crippen molar-refractivity contribution in [1.82, 2.24) is 4.90 Å². The van der Waals surface area contributed by atoms with E-state index in [-0.39, 0.29) is 11.8 Å². The third kappa shape index (κ3) is 5.97. The molecule has 1 aromatic carbocycles. The number of hydrogen-bond donors (Lipinski definition) is 1. The minimum Gasteiger partial charge on any atom is -0.341 e. The predicted molar refractivity (Wildman–Crippen MR) is 84.2 cm³/mol. The van der Waals surface area contributed by atoms with Crippen LogP contribution in [0.25, 0.3) is 0 Å². The molecule has 0 radical (unpaired) electrons. The molecule has 0 aliphatic carbocycles. The summed E-state index contributed by atoms with van der Waals surface area (Å²) < 4.78 is 0. The molecule has 0 saturated carbocycles. The highest BCUT2D eigenvalue weighted by Gasteiger charge is 2.17. The topological polar surface area (TPSA) is 70.1 Å². The van der Waals surface area contributed by atoms with E-state index in [1.54, 1.807) is 18.0 Å². The average molecular weight is 287 g/mol. The van der Waals surface area contributed by atoms with Gasteiger partial charge in [0.1, 0.15) is 0 Å². The molecular weight excluding hydrogens is 262 g/mol. The molecule has 1 amide bonds. The first kappa shape index (κ1) is 17.2. The van der Waals surface area contributed by atoms with Crippen molar-refractivity contribution >= 4 is 5.91 Å². The smallest absolute Gasteiger partial charge is 0.222 e. The van der Waals surface area contributed by atoms with Crippen LogP contribution in [-0.4, -0.2) is 24.4 Å². The fourth-order valence-electron chi connectivity index (χ4n) is 2.43. The van der Waals surface area contributed by atoms with Gasteiger partial charge in [-0.25, -0.2) is 0 Å². The maximum atomic E-state index is 12.3. The first-order valence-electron chi connectivity index (χ1n) is 7.39. The molecule has 0 spiro atoms. The Kier molecular flexibility index (Phi) is 6.90. The lowest BCUT2D eigenvalue weighted by atomic mass is 9.94. The minimum atomic E-state index is 0.105. The highest BCUT2D eigenvalue weighted by Crippen LogP contribution is 2.16. The van der Waals surface area contributed by atoms with Crippen LogP contribution >= 0.6 is 0 Å². The summed E-state index contributed by atoms with van der Waals surface area (Å²) >= 11 is 0. The minimum absolute atomic E-state index is 0.105. The Labute approximate surface area is 127 Å². The van der Waals surface area contributed by atoms with Crippen molar-refractivity contribution in [3.05, 3.63) is 35.4 Å². The van der Waals surface area contributed by atoms with E-state index < -0.39 is 0 Å². The van der Waals surface area contributed by atoms with Gasteiger partial charge in [0, 0.05) is 20.0 Å². The van der Waals surface area contributed by atoms with Crippen molar-refractivity contribution in [2.24, 2.45) is 17.6 Å². The molecule has 114 valence electrons. The maximum absolute atomic E-state index is 12.3. The van der Waals surface area contributed by atoms with E-state index in [4.69, 9.17) is 11.0 Å². The number of nitrogens with two attached hydrogens (primary N) is 1. The second-order valence-electron chi connectivity index (χ2n) is 6.00. The van der Waals surface area contributed by atoms with Crippen molar-refractivity contribution in [1.29, 1.82) is 5.26 Å². The third-order valence-corrected chi connectivity index (χ3v) is 3.50. The number of carbonyl (C=O) groups excluding carboxylic acids is 1. The van der Waals surface area contributed by atoms with E-state index in [2.05, 4.69) is 19.9 Å². The lowest BCUT2D eigenvalue weighted by Gasteiger charge is -2.22. The monoisotopic (exact) mass is 287 g/mol. The molecule has 4 heteroatoms. The van der Waals surface area contributed by atoms with Crippen LogP contribution in [-0.2, 0) is 11.3 Å². The van der Waals surface area contributed by atoms with Gasteiger partial charge in [-0.3, -0.25) is 4.79 Å². The van der Waals surface area contributed by atoms with Gasteiger partial charge in [-0.2, -0.15) is 5.26 Å². The molecule has 21 heavy (non-hydrogen) atoms. The molecule has 1 aromatic rings.